The maximum atomic E-state index is 12.1. The first-order valence-electron chi connectivity index (χ1n) is 6.81. The Kier molecular flexibility index (Phi) is 3.60. The van der Waals surface area contributed by atoms with Gasteiger partial charge in [0.15, 0.2) is 6.23 Å². The number of carbonyl (C=O) groups excluding carboxylic acids is 1. The second-order valence-corrected chi connectivity index (χ2v) is 5.03. The number of nitrogens with zero attached hydrogens (tertiary/aromatic N) is 2. The monoisotopic (exact) mass is 298 g/mol. The molecule has 22 heavy (non-hydrogen) atoms. The van der Waals surface area contributed by atoms with Gasteiger partial charge < -0.3 is 4.74 Å². The number of nitro benzene ring substituents is 1. The maximum absolute atomic E-state index is 12.1. The Morgan fingerprint density at radius 3 is 2.77 bits per heavy atom. The summed E-state index contributed by atoms with van der Waals surface area (Å²) >= 11 is 0. The molecule has 6 nitrogen and oxygen atoms in total. The number of hydrogen-bond donors (Lipinski definition) is 0. The number of hydrogen-bond acceptors (Lipinski definition) is 4. The highest BCUT2D eigenvalue weighted by atomic mass is 16.6. The van der Waals surface area contributed by atoms with Crippen molar-refractivity contribution < 1.29 is 14.5 Å². The Bertz CT molecular complexity index is 744. The van der Waals surface area contributed by atoms with E-state index in [4.69, 9.17) is 4.74 Å². The van der Waals surface area contributed by atoms with E-state index in [2.05, 4.69) is 0 Å². The number of amides is 1. The van der Waals surface area contributed by atoms with Gasteiger partial charge >= 0.3 is 0 Å². The third-order valence-electron chi connectivity index (χ3n) is 3.59. The molecule has 0 unspecified atom stereocenters. The lowest BCUT2D eigenvalue weighted by atomic mass is 10.1. The van der Waals surface area contributed by atoms with Crippen LogP contribution >= 0.6 is 0 Å². The van der Waals surface area contributed by atoms with Crippen molar-refractivity contribution in [3.05, 3.63) is 69.8 Å². The van der Waals surface area contributed by atoms with Crippen molar-refractivity contribution in [1.29, 1.82) is 0 Å². The van der Waals surface area contributed by atoms with Gasteiger partial charge in [0.1, 0.15) is 0 Å². The first-order valence-corrected chi connectivity index (χ1v) is 6.81. The van der Waals surface area contributed by atoms with Crippen molar-refractivity contribution in [2.24, 2.45) is 0 Å². The molecule has 0 bridgehead atoms. The Hall–Kier alpha value is -2.73. The molecule has 1 aliphatic heterocycles. The van der Waals surface area contributed by atoms with Crippen LogP contribution in [0.15, 0.2) is 48.5 Å². The maximum Gasteiger partial charge on any atom is 0.269 e. The van der Waals surface area contributed by atoms with E-state index in [1.807, 2.05) is 24.3 Å². The van der Waals surface area contributed by atoms with Crippen molar-refractivity contribution in [1.82, 2.24) is 0 Å². The topological polar surface area (TPSA) is 72.7 Å². The van der Waals surface area contributed by atoms with Gasteiger partial charge in [-0.05, 0) is 6.07 Å². The van der Waals surface area contributed by atoms with Crippen LogP contribution in [0.3, 0.4) is 0 Å². The lowest BCUT2D eigenvalue weighted by Gasteiger charge is -2.36. The van der Waals surface area contributed by atoms with E-state index in [0.29, 0.717) is 12.2 Å². The zero-order valence-corrected chi connectivity index (χ0v) is 11.9. The number of carbonyl (C=O) groups is 1. The molecule has 0 N–H and O–H groups in total. The third kappa shape index (κ3) is 2.44. The summed E-state index contributed by atoms with van der Waals surface area (Å²) in [6.45, 7) is 1.81. The van der Waals surface area contributed by atoms with Gasteiger partial charge in [0.2, 0.25) is 5.91 Å². The summed E-state index contributed by atoms with van der Waals surface area (Å²) in [5.74, 6) is -0.177. The summed E-state index contributed by atoms with van der Waals surface area (Å²) in [6.07, 6.45) is -0.660. The van der Waals surface area contributed by atoms with E-state index in [-0.39, 0.29) is 11.6 Å². The average Bonchev–Trinajstić information content (AvgIpc) is 2.53. The second-order valence-electron chi connectivity index (χ2n) is 5.03. The lowest BCUT2D eigenvalue weighted by Crippen LogP contribution is -2.38. The van der Waals surface area contributed by atoms with Crippen LogP contribution in [0.25, 0.3) is 0 Å². The van der Waals surface area contributed by atoms with Crippen molar-refractivity contribution in [3.63, 3.8) is 0 Å². The van der Waals surface area contributed by atoms with Gasteiger partial charge in [-0.3, -0.25) is 19.8 Å². The summed E-state index contributed by atoms with van der Waals surface area (Å²) in [6, 6.07) is 13.7. The molecular weight excluding hydrogens is 284 g/mol. The molecule has 1 heterocycles. The van der Waals surface area contributed by atoms with E-state index in [9.17, 15) is 14.9 Å². The summed E-state index contributed by atoms with van der Waals surface area (Å²) in [7, 11) is 0. The summed E-state index contributed by atoms with van der Waals surface area (Å²) < 4.78 is 5.78. The minimum atomic E-state index is -0.660. The molecule has 1 atom stereocenters. The smallest absolute Gasteiger partial charge is 0.269 e. The van der Waals surface area contributed by atoms with E-state index in [1.165, 1.54) is 24.0 Å². The Balaban J connectivity index is 2.06. The standard InChI is InChI=1S/C16H14N2O4/c1-11(19)17-15-8-3-2-5-13(15)10-22-16(17)12-6-4-7-14(9-12)18(20)21/h2-9,16H,10H2,1H3/t16-/m1/s1. The predicted octanol–water partition coefficient (Wildman–Crippen LogP) is 3.18. The number of fused-ring (bicyclic) bond motifs is 1. The molecule has 2 aromatic rings. The molecule has 3 rings (SSSR count). The van der Waals surface area contributed by atoms with Crippen LogP contribution in [-0.4, -0.2) is 10.8 Å². The average molecular weight is 298 g/mol. The summed E-state index contributed by atoms with van der Waals surface area (Å²) in [4.78, 5) is 24.1. The van der Waals surface area contributed by atoms with Gasteiger partial charge in [0.25, 0.3) is 5.69 Å². The largest absolute Gasteiger partial charge is 0.349 e. The third-order valence-corrected chi connectivity index (χ3v) is 3.59. The normalized spacial score (nSPS) is 17.0. The van der Waals surface area contributed by atoms with Crippen LogP contribution < -0.4 is 4.90 Å². The van der Waals surface area contributed by atoms with Gasteiger partial charge in [-0.25, -0.2) is 0 Å². The molecule has 2 aromatic carbocycles. The highest BCUT2D eigenvalue weighted by Gasteiger charge is 2.31. The molecule has 0 radical (unpaired) electrons. The number of non-ortho nitro benzene ring substituents is 1. The molecule has 0 spiro atoms. The van der Waals surface area contributed by atoms with Crippen LogP contribution in [0.4, 0.5) is 11.4 Å². The number of ether oxygens (including phenoxy) is 1. The molecule has 0 saturated carbocycles. The Morgan fingerprint density at radius 1 is 1.27 bits per heavy atom. The Morgan fingerprint density at radius 2 is 2.05 bits per heavy atom. The van der Waals surface area contributed by atoms with E-state index in [1.54, 1.807) is 12.1 Å². The number of nitro groups is 1. The first-order chi connectivity index (χ1) is 10.6. The SMILES string of the molecule is CC(=O)N1c2ccccc2CO[C@@H]1c1cccc([N+](=O)[O-])c1. The van der Waals surface area contributed by atoms with E-state index < -0.39 is 11.2 Å². The Labute approximate surface area is 127 Å². The van der Waals surface area contributed by atoms with Crippen LogP contribution in [0.5, 0.6) is 0 Å². The molecule has 1 amide bonds. The van der Waals surface area contributed by atoms with E-state index >= 15 is 0 Å². The minimum absolute atomic E-state index is 0.0246. The summed E-state index contributed by atoms with van der Waals surface area (Å²) in [5.41, 5.74) is 2.25. The fourth-order valence-electron chi connectivity index (χ4n) is 2.61. The van der Waals surface area contributed by atoms with Crippen LogP contribution in [0, 0.1) is 10.1 Å². The number of benzene rings is 2. The minimum Gasteiger partial charge on any atom is -0.349 e. The predicted molar refractivity (Wildman–Crippen MR) is 80.2 cm³/mol. The molecule has 6 heteroatoms. The van der Waals surface area contributed by atoms with Crippen LogP contribution in [-0.2, 0) is 16.1 Å². The van der Waals surface area contributed by atoms with Crippen molar-refractivity contribution in [3.8, 4) is 0 Å². The van der Waals surface area contributed by atoms with E-state index in [0.717, 1.165) is 11.3 Å². The van der Waals surface area contributed by atoms with Gasteiger partial charge in [-0.1, -0.05) is 30.3 Å². The van der Waals surface area contributed by atoms with Gasteiger partial charge in [0.05, 0.1) is 17.2 Å². The fraction of sp³-hybridized carbons (Fsp3) is 0.188. The van der Waals surface area contributed by atoms with Crippen LogP contribution in [0.2, 0.25) is 0 Å². The number of rotatable bonds is 2. The molecule has 112 valence electrons. The quantitative estimate of drug-likeness (QED) is 0.630. The van der Waals surface area contributed by atoms with Gasteiger partial charge in [0, 0.05) is 30.2 Å². The fourth-order valence-corrected chi connectivity index (χ4v) is 2.61. The highest BCUT2D eigenvalue weighted by molar-refractivity contribution is 5.93. The second kappa shape index (κ2) is 5.57. The van der Waals surface area contributed by atoms with Crippen molar-refractivity contribution in [2.75, 3.05) is 4.90 Å². The highest BCUT2D eigenvalue weighted by Crippen LogP contribution is 2.37. The zero-order valence-electron chi connectivity index (χ0n) is 11.9. The molecule has 0 aliphatic carbocycles. The van der Waals surface area contributed by atoms with Crippen molar-refractivity contribution in [2.45, 2.75) is 19.8 Å². The molecule has 0 saturated heterocycles. The first kappa shape index (κ1) is 14.2. The molecule has 0 aromatic heterocycles. The summed E-state index contributed by atoms with van der Waals surface area (Å²) in [5, 5.41) is 10.9. The number of para-hydroxylation sites is 1. The molecular formula is C16H14N2O4. The van der Waals surface area contributed by atoms with Crippen molar-refractivity contribution >= 4 is 17.3 Å². The zero-order chi connectivity index (χ0) is 15.7. The molecule has 0 fully saturated rings. The van der Waals surface area contributed by atoms with Crippen LogP contribution in [0.1, 0.15) is 24.3 Å². The molecule has 1 aliphatic rings. The van der Waals surface area contributed by atoms with Gasteiger partial charge in [-0.2, -0.15) is 0 Å². The van der Waals surface area contributed by atoms with Gasteiger partial charge in [-0.15, -0.1) is 0 Å². The lowest BCUT2D eigenvalue weighted by molar-refractivity contribution is -0.385. The number of anilines is 1.